The van der Waals surface area contributed by atoms with Crippen molar-refractivity contribution in [2.24, 2.45) is 5.92 Å². The van der Waals surface area contributed by atoms with Gasteiger partial charge in [0, 0.05) is 21.3 Å². The lowest BCUT2D eigenvalue weighted by molar-refractivity contribution is 0.493. The average molecular weight is 444 g/mol. The number of sulfonamides is 1. The van der Waals surface area contributed by atoms with Gasteiger partial charge in [0.05, 0.1) is 0 Å². The molecule has 0 atom stereocenters. The van der Waals surface area contributed by atoms with E-state index in [1.165, 1.54) is 16.9 Å². The summed E-state index contributed by atoms with van der Waals surface area (Å²) < 4.78 is 29.1. The summed E-state index contributed by atoms with van der Waals surface area (Å²) >= 11 is 4.83. The topological polar surface area (TPSA) is 46.2 Å². The molecule has 3 nitrogen and oxygen atoms in total. The van der Waals surface area contributed by atoms with Crippen LogP contribution in [0.25, 0.3) is 11.1 Å². The zero-order valence-corrected chi connectivity index (χ0v) is 18.6. The van der Waals surface area contributed by atoms with E-state index in [9.17, 15) is 8.42 Å². The molecular weight excluding hydrogens is 418 g/mol. The number of hydrogen-bond donors (Lipinski definition) is 1. The molecule has 0 radical (unpaired) electrons. The predicted molar refractivity (Wildman–Crippen MR) is 111 cm³/mol. The van der Waals surface area contributed by atoms with Crippen LogP contribution in [-0.4, -0.2) is 14.0 Å². The Morgan fingerprint density at radius 3 is 2.24 bits per heavy atom. The number of alkyl halides is 1. The maximum absolute atomic E-state index is 13.0. The molecule has 0 saturated carbocycles. The van der Waals surface area contributed by atoms with Gasteiger partial charge in [0.15, 0.2) is 0 Å². The third kappa shape index (κ3) is 5.64. The highest BCUT2D eigenvalue weighted by molar-refractivity contribution is 9.08. The zero-order chi connectivity index (χ0) is 18.8. The van der Waals surface area contributed by atoms with Crippen molar-refractivity contribution in [1.82, 2.24) is 4.72 Å². The second-order valence-corrected chi connectivity index (χ2v) is 11.3. The van der Waals surface area contributed by atoms with Gasteiger partial charge in [0.25, 0.3) is 10.0 Å². The largest absolute Gasteiger partial charge is 0.251 e. The second kappa shape index (κ2) is 7.91. The fraction of sp³-hybridized carbons (Fsp3) is 0.474. The number of nitrogens with one attached hydrogen (secondary N) is 1. The van der Waals surface area contributed by atoms with Crippen molar-refractivity contribution in [3.05, 3.63) is 40.8 Å². The molecule has 25 heavy (non-hydrogen) atoms. The minimum absolute atomic E-state index is 0.407. The molecule has 0 aliphatic carbocycles. The molecule has 0 amide bonds. The number of thiophene rings is 1. The number of halogens is 1. The van der Waals surface area contributed by atoms with Crippen LogP contribution in [0.3, 0.4) is 0 Å². The van der Waals surface area contributed by atoms with Crippen LogP contribution in [0.5, 0.6) is 0 Å². The van der Waals surface area contributed by atoms with Crippen LogP contribution in [0, 0.1) is 5.92 Å². The van der Waals surface area contributed by atoms with Crippen LogP contribution >= 0.6 is 27.3 Å². The van der Waals surface area contributed by atoms with Crippen LogP contribution in [0.15, 0.2) is 34.5 Å². The summed E-state index contributed by atoms with van der Waals surface area (Å²) in [6.45, 7) is 9.87. The van der Waals surface area contributed by atoms with Crippen molar-refractivity contribution in [3.63, 3.8) is 0 Å². The molecule has 1 N–H and O–H groups in total. The second-order valence-electron chi connectivity index (χ2n) is 7.70. The fourth-order valence-electron chi connectivity index (χ4n) is 2.55. The Kier molecular flexibility index (Phi) is 6.52. The molecule has 2 rings (SSSR count). The molecule has 1 aromatic carbocycles. The smallest absolute Gasteiger partial charge is 0.206 e. The summed E-state index contributed by atoms with van der Waals surface area (Å²) in [4.78, 5) is 1.10. The number of benzene rings is 1. The van der Waals surface area contributed by atoms with Gasteiger partial charge in [-0.05, 0) is 50.3 Å². The van der Waals surface area contributed by atoms with Crippen molar-refractivity contribution in [2.75, 3.05) is 0 Å². The Morgan fingerprint density at radius 1 is 1.16 bits per heavy atom. The van der Waals surface area contributed by atoms with Crippen molar-refractivity contribution in [2.45, 2.75) is 56.1 Å². The van der Waals surface area contributed by atoms with Crippen molar-refractivity contribution >= 4 is 37.3 Å². The first-order valence-corrected chi connectivity index (χ1v) is 11.8. The first-order chi connectivity index (χ1) is 11.5. The van der Waals surface area contributed by atoms with Gasteiger partial charge >= 0.3 is 0 Å². The third-order valence-electron chi connectivity index (χ3n) is 3.46. The molecule has 6 heteroatoms. The molecule has 0 bridgehead atoms. The predicted octanol–water partition coefficient (Wildman–Crippen LogP) is 5.59. The van der Waals surface area contributed by atoms with Crippen LogP contribution in [-0.2, 0) is 21.8 Å². The van der Waals surface area contributed by atoms with Crippen LogP contribution in [0.1, 0.15) is 45.1 Å². The molecule has 0 fully saturated rings. The minimum Gasteiger partial charge on any atom is -0.206 e. The van der Waals surface area contributed by atoms with Gasteiger partial charge in [0.1, 0.15) is 4.21 Å². The van der Waals surface area contributed by atoms with Crippen LogP contribution < -0.4 is 4.72 Å². The normalized spacial score (nSPS) is 12.8. The molecule has 0 spiro atoms. The quantitative estimate of drug-likeness (QED) is 0.591. The molecule has 2 aromatic rings. The Bertz CT molecular complexity index is 816. The van der Waals surface area contributed by atoms with E-state index in [0.29, 0.717) is 10.1 Å². The van der Waals surface area contributed by atoms with Gasteiger partial charge in [-0.1, -0.05) is 54.0 Å². The Hall–Kier alpha value is -0.690. The first kappa shape index (κ1) is 20.6. The van der Waals surface area contributed by atoms with Gasteiger partial charge in [-0.3, -0.25) is 0 Å². The van der Waals surface area contributed by atoms with Gasteiger partial charge in [-0.15, -0.1) is 11.3 Å². The summed E-state index contributed by atoms with van der Waals surface area (Å²) in [6, 6.07) is 10.1. The van der Waals surface area contributed by atoms with Crippen LogP contribution in [0.4, 0.5) is 0 Å². The van der Waals surface area contributed by atoms with E-state index in [0.717, 1.165) is 27.8 Å². The standard InChI is InChI=1S/C19H26BrNO2S2/c1-13(2)10-16-11-17(15-8-6-14(12-20)7-9-15)18(24-16)25(22,23)21-19(3,4)5/h6-9,11,13,21H,10,12H2,1-5H3. The van der Waals surface area contributed by atoms with E-state index in [2.05, 4.69) is 34.5 Å². The number of rotatable bonds is 6. The van der Waals surface area contributed by atoms with E-state index in [4.69, 9.17) is 0 Å². The van der Waals surface area contributed by atoms with Crippen molar-refractivity contribution < 1.29 is 8.42 Å². The lowest BCUT2D eigenvalue weighted by atomic mass is 10.0. The monoisotopic (exact) mass is 443 g/mol. The first-order valence-electron chi connectivity index (χ1n) is 8.34. The Morgan fingerprint density at radius 2 is 1.76 bits per heavy atom. The molecular formula is C19H26BrNO2S2. The van der Waals surface area contributed by atoms with Gasteiger partial charge in [-0.25, -0.2) is 13.1 Å². The molecule has 1 heterocycles. The molecule has 0 unspecified atom stereocenters. The Labute approximate surface area is 164 Å². The lowest BCUT2D eigenvalue weighted by Crippen LogP contribution is -2.40. The van der Waals surface area contributed by atoms with Crippen LogP contribution in [0.2, 0.25) is 0 Å². The minimum atomic E-state index is -3.57. The van der Waals surface area contributed by atoms with Gasteiger partial charge in [0.2, 0.25) is 0 Å². The SMILES string of the molecule is CC(C)Cc1cc(-c2ccc(CBr)cc2)c(S(=O)(=O)NC(C)(C)C)s1. The lowest BCUT2D eigenvalue weighted by Gasteiger charge is -2.20. The van der Waals surface area contributed by atoms with E-state index >= 15 is 0 Å². The molecule has 138 valence electrons. The van der Waals surface area contributed by atoms with Gasteiger partial charge in [-0.2, -0.15) is 0 Å². The van der Waals surface area contributed by atoms with Crippen molar-refractivity contribution in [1.29, 1.82) is 0 Å². The molecule has 0 aliphatic heterocycles. The maximum atomic E-state index is 13.0. The summed E-state index contributed by atoms with van der Waals surface area (Å²) in [5, 5.41) is 0.784. The molecule has 0 aliphatic rings. The summed E-state index contributed by atoms with van der Waals surface area (Å²) in [7, 11) is -3.57. The van der Waals surface area contributed by atoms with Crippen molar-refractivity contribution in [3.8, 4) is 11.1 Å². The maximum Gasteiger partial charge on any atom is 0.251 e. The highest BCUT2D eigenvalue weighted by Gasteiger charge is 2.27. The van der Waals surface area contributed by atoms with E-state index in [-0.39, 0.29) is 0 Å². The summed E-state index contributed by atoms with van der Waals surface area (Å²) in [5.41, 5.74) is 2.38. The highest BCUT2D eigenvalue weighted by Crippen LogP contribution is 2.37. The average Bonchev–Trinajstić information content (AvgIpc) is 2.89. The van der Waals surface area contributed by atoms with E-state index in [1.807, 2.05) is 51.1 Å². The van der Waals surface area contributed by atoms with E-state index in [1.54, 1.807) is 0 Å². The fourth-order valence-corrected chi connectivity index (χ4v) is 6.29. The highest BCUT2D eigenvalue weighted by atomic mass is 79.9. The third-order valence-corrected chi connectivity index (χ3v) is 7.56. The Balaban J connectivity index is 2.54. The molecule has 1 aromatic heterocycles. The van der Waals surface area contributed by atoms with Gasteiger partial charge < -0.3 is 0 Å². The zero-order valence-electron chi connectivity index (χ0n) is 15.4. The molecule has 0 saturated heterocycles. The van der Waals surface area contributed by atoms with E-state index < -0.39 is 15.6 Å². The number of hydrogen-bond acceptors (Lipinski definition) is 3. The summed E-state index contributed by atoms with van der Waals surface area (Å²) in [6.07, 6.45) is 0.877. The summed E-state index contributed by atoms with van der Waals surface area (Å²) in [5.74, 6) is 0.480.